The van der Waals surface area contributed by atoms with Gasteiger partial charge in [-0.3, -0.25) is 10.3 Å². The third kappa shape index (κ3) is 5.71. The summed E-state index contributed by atoms with van der Waals surface area (Å²) < 4.78 is 5.33. The molecule has 1 aliphatic rings. The van der Waals surface area contributed by atoms with Crippen molar-refractivity contribution >= 4 is 23.0 Å². The molecule has 120 valence electrons. The number of thiocarbonyl (C=S) groups is 1. The Morgan fingerprint density at radius 2 is 2.00 bits per heavy atom. The van der Waals surface area contributed by atoms with Gasteiger partial charge in [-0.15, -0.1) is 0 Å². The van der Waals surface area contributed by atoms with Crippen molar-refractivity contribution in [3.05, 3.63) is 35.9 Å². The standard InChI is InChI=1S/C16H24N4OS/c1-2-15(14-6-4-3-5-7-14)18-19-16(22)17-8-9-20-10-12-21-13-11-20/h3-7H,2,8-13H2,1H3,(H2,17,19,22)/b18-15-. The molecule has 0 saturated carbocycles. The third-order valence-corrected chi connectivity index (χ3v) is 3.79. The predicted molar refractivity (Wildman–Crippen MR) is 94.3 cm³/mol. The Hall–Kier alpha value is -1.50. The van der Waals surface area contributed by atoms with Crippen LogP contribution in [-0.4, -0.2) is 55.1 Å². The van der Waals surface area contributed by atoms with E-state index in [1.807, 2.05) is 18.2 Å². The first kappa shape index (κ1) is 16.9. The maximum absolute atomic E-state index is 5.33. The summed E-state index contributed by atoms with van der Waals surface area (Å²) in [6, 6.07) is 10.1. The number of nitrogens with one attached hydrogen (secondary N) is 2. The molecule has 0 aromatic heterocycles. The fourth-order valence-corrected chi connectivity index (χ4v) is 2.44. The van der Waals surface area contributed by atoms with Crippen LogP contribution in [0, 0.1) is 0 Å². The number of hydrogen-bond donors (Lipinski definition) is 2. The van der Waals surface area contributed by atoms with Crippen molar-refractivity contribution in [2.75, 3.05) is 39.4 Å². The molecule has 1 saturated heterocycles. The zero-order chi connectivity index (χ0) is 15.6. The second kappa shape index (κ2) is 9.50. The molecule has 6 heteroatoms. The average molecular weight is 320 g/mol. The molecule has 2 N–H and O–H groups in total. The molecule has 2 rings (SSSR count). The second-order valence-corrected chi connectivity index (χ2v) is 5.51. The molecule has 1 aromatic carbocycles. The zero-order valence-corrected chi connectivity index (χ0v) is 13.9. The van der Waals surface area contributed by atoms with E-state index >= 15 is 0 Å². The smallest absolute Gasteiger partial charge is 0.187 e. The Bertz CT molecular complexity index is 486. The van der Waals surface area contributed by atoms with Gasteiger partial charge in [-0.25, -0.2) is 0 Å². The Morgan fingerprint density at radius 1 is 1.27 bits per heavy atom. The fraction of sp³-hybridized carbons (Fsp3) is 0.500. The summed E-state index contributed by atoms with van der Waals surface area (Å²) in [5, 5.41) is 8.16. The Kier molecular flexibility index (Phi) is 7.28. The van der Waals surface area contributed by atoms with Crippen molar-refractivity contribution in [2.24, 2.45) is 5.10 Å². The minimum Gasteiger partial charge on any atom is -0.379 e. The van der Waals surface area contributed by atoms with Crippen LogP contribution in [0.25, 0.3) is 0 Å². The van der Waals surface area contributed by atoms with E-state index in [4.69, 9.17) is 17.0 Å². The van der Waals surface area contributed by atoms with Crippen LogP contribution in [0.4, 0.5) is 0 Å². The van der Waals surface area contributed by atoms with Gasteiger partial charge in [0.2, 0.25) is 0 Å². The first-order valence-electron chi connectivity index (χ1n) is 7.75. The number of rotatable bonds is 6. The minimum absolute atomic E-state index is 0.565. The normalized spacial score (nSPS) is 16.3. The quantitative estimate of drug-likeness (QED) is 0.474. The van der Waals surface area contributed by atoms with Crippen LogP contribution in [0.5, 0.6) is 0 Å². The largest absolute Gasteiger partial charge is 0.379 e. The van der Waals surface area contributed by atoms with Gasteiger partial charge < -0.3 is 10.1 Å². The molecule has 5 nitrogen and oxygen atoms in total. The van der Waals surface area contributed by atoms with E-state index in [0.29, 0.717) is 5.11 Å². The van der Waals surface area contributed by atoms with Gasteiger partial charge in [0, 0.05) is 26.2 Å². The monoisotopic (exact) mass is 320 g/mol. The number of morpholine rings is 1. The summed E-state index contributed by atoms with van der Waals surface area (Å²) in [5.41, 5.74) is 5.05. The molecular formula is C16H24N4OS. The predicted octanol–water partition coefficient (Wildman–Crippen LogP) is 1.60. The molecular weight excluding hydrogens is 296 g/mol. The maximum Gasteiger partial charge on any atom is 0.187 e. The molecule has 1 aliphatic heterocycles. The number of benzene rings is 1. The highest BCUT2D eigenvalue weighted by Gasteiger charge is 2.09. The van der Waals surface area contributed by atoms with Crippen LogP contribution in [0.2, 0.25) is 0 Å². The van der Waals surface area contributed by atoms with E-state index < -0.39 is 0 Å². The molecule has 1 heterocycles. The summed E-state index contributed by atoms with van der Waals surface area (Å²) in [4.78, 5) is 2.36. The highest BCUT2D eigenvalue weighted by Crippen LogP contribution is 2.03. The van der Waals surface area contributed by atoms with Crippen molar-refractivity contribution in [2.45, 2.75) is 13.3 Å². The molecule has 0 spiro atoms. The lowest BCUT2D eigenvalue weighted by Gasteiger charge is -2.26. The molecule has 0 radical (unpaired) electrons. The van der Waals surface area contributed by atoms with Crippen LogP contribution in [0.1, 0.15) is 18.9 Å². The van der Waals surface area contributed by atoms with E-state index in [0.717, 1.165) is 57.1 Å². The second-order valence-electron chi connectivity index (χ2n) is 5.10. The Morgan fingerprint density at radius 3 is 2.68 bits per heavy atom. The number of hydrazone groups is 1. The number of nitrogens with zero attached hydrogens (tertiary/aromatic N) is 2. The first-order valence-corrected chi connectivity index (χ1v) is 8.16. The van der Waals surface area contributed by atoms with Gasteiger partial charge in [0.05, 0.1) is 18.9 Å². The van der Waals surface area contributed by atoms with Gasteiger partial charge in [-0.2, -0.15) is 5.10 Å². The summed E-state index contributed by atoms with van der Waals surface area (Å²) >= 11 is 5.26. The highest BCUT2D eigenvalue weighted by molar-refractivity contribution is 7.80. The maximum atomic E-state index is 5.33. The van der Waals surface area contributed by atoms with Crippen molar-refractivity contribution in [1.29, 1.82) is 0 Å². The van der Waals surface area contributed by atoms with Crippen LogP contribution >= 0.6 is 12.2 Å². The number of hydrogen-bond acceptors (Lipinski definition) is 4. The van der Waals surface area contributed by atoms with E-state index in [1.54, 1.807) is 0 Å². The van der Waals surface area contributed by atoms with Crippen molar-refractivity contribution in [3.8, 4) is 0 Å². The molecule has 0 bridgehead atoms. The average Bonchev–Trinajstić information content (AvgIpc) is 2.57. The molecule has 0 aliphatic carbocycles. The van der Waals surface area contributed by atoms with E-state index in [9.17, 15) is 0 Å². The lowest BCUT2D eigenvalue weighted by molar-refractivity contribution is 0.0389. The van der Waals surface area contributed by atoms with Gasteiger partial charge in [0.25, 0.3) is 0 Å². The molecule has 0 atom stereocenters. The molecule has 0 unspecified atom stereocenters. The summed E-state index contributed by atoms with van der Waals surface area (Å²) in [7, 11) is 0. The summed E-state index contributed by atoms with van der Waals surface area (Å²) in [6.45, 7) is 7.50. The first-order chi connectivity index (χ1) is 10.8. The van der Waals surface area contributed by atoms with Gasteiger partial charge in [0.1, 0.15) is 0 Å². The van der Waals surface area contributed by atoms with Gasteiger partial charge >= 0.3 is 0 Å². The van der Waals surface area contributed by atoms with Crippen molar-refractivity contribution in [1.82, 2.24) is 15.6 Å². The summed E-state index contributed by atoms with van der Waals surface area (Å²) in [5.74, 6) is 0. The van der Waals surface area contributed by atoms with Crippen LogP contribution in [-0.2, 0) is 4.74 Å². The molecule has 0 amide bonds. The van der Waals surface area contributed by atoms with E-state index in [-0.39, 0.29) is 0 Å². The van der Waals surface area contributed by atoms with Gasteiger partial charge in [-0.05, 0) is 24.2 Å². The van der Waals surface area contributed by atoms with Gasteiger partial charge in [-0.1, -0.05) is 37.3 Å². The Labute approximate surface area is 137 Å². The molecule has 1 aromatic rings. The van der Waals surface area contributed by atoms with Crippen molar-refractivity contribution in [3.63, 3.8) is 0 Å². The fourth-order valence-electron chi connectivity index (χ4n) is 2.29. The lowest BCUT2D eigenvalue weighted by atomic mass is 10.1. The topological polar surface area (TPSA) is 48.9 Å². The molecule has 22 heavy (non-hydrogen) atoms. The van der Waals surface area contributed by atoms with Crippen molar-refractivity contribution < 1.29 is 4.74 Å². The lowest BCUT2D eigenvalue weighted by Crippen LogP contribution is -2.43. The van der Waals surface area contributed by atoms with Gasteiger partial charge in [0.15, 0.2) is 5.11 Å². The SMILES string of the molecule is CC/C(=N/NC(=S)NCCN1CCOCC1)c1ccccc1. The summed E-state index contributed by atoms with van der Waals surface area (Å²) in [6.07, 6.45) is 0.855. The highest BCUT2D eigenvalue weighted by atomic mass is 32.1. The minimum atomic E-state index is 0.565. The van der Waals surface area contributed by atoms with E-state index in [2.05, 4.69) is 39.8 Å². The number of ether oxygens (including phenoxy) is 1. The van der Waals surface area contributed by atoms with Crippen LogP contribution in [0.3, 0.4) is 0 Å². The third-order valence-electron chi connectivity index (χ3n) is 3.55. The van der Waals surface area contributed by atoms with Crippen LogP contribution in [0.15, 0.2) is 35.4 Å². The van der Waals surface area contributed by atoms with E-state index in [1.165, 1.54) is 0 Å². The Balaban J connectivity index is 1.72. The van der Waals surface area contributed by atoms with Crippen LogP contribution < -0.4 is 10.7 Å². The molecule has 1 fully saturated rings. The zero-order valence-electron chi connectivity index (χ0n) is 13.0.